The number of halogens is 1. The van der Waals surface area contributed by atoms with Gasteiger partial charge in [-0.05, 0) is 34.8 Å². The quantitative estimate of drug-likeness (QED) is 0.821. The third-order valence-corrected chi connectivity index (χ3v) is 2.75. The summed E-state index contributed by atoms with van der Waals surface area (Å²) in [5.74, 6) is 1.03. The van der Waals surface area contributed by atoms with Crippen LogP contribution in [0, 0.1) is 0 Å². The van der Waals surface area contributed by atoms with E-state index in [0.29, 0.717) is 6.54 Å². The van der Waals surface area contributed by atoms with Gasteiger partial charge < -0.3 is 10.2 Å². The molecule has 1 aromatic rings. The van der Waals surface area contributed by atoms with Crippen molar-refractivity contribution >= 4 is 15.9 Å². The van der Waals surface area contributed by atoms with Crippen molar-refractivity contribution in [3.8, 4) is 0 Å². The van der Waals surface area contributed by atoms with Gasteiger partial charge in [0.1, 0.15) is 12.0 Å². The molecule has 11 heavy (non-hydrogen) atoms. The van der Waals surface area contributed by atoms with E-state index in [4.69, 9.17) is 10.2 Å². The molecule has 1 heterocycles. The van der Waals surface area contributed by atoms with Crippen molar-refractivity contribution < 1.29 is 4.42 Å². The van der Waals surface area contributed by atoms with Crippen LogP contribution in [0.15, 0.2) is 21.2 Å². The molecular formula is C8H10BrNO. The van der Waals surface area contributed by atoms with Crippen molar-refractivity contribution in [3.05, 3.63) is 22.6 Å². The van der Waals surface area contributed by atoms with Crippen molar-refractivity contribution in [2.45, 2.75) is 18.3 Å². The van der Waals surface area contributed by atoms with Crippen LogP contribution in [0.3, 0.4) is 0 Å². The minimum atomic E-state index is 0.187. The number of furan rings is 1. The van der Waals surface area contributed by atoms with Crippen molar-refractivity contribution in [2.75, 3.05) is 6.54 Å². The third-order valence-electron chi connectivity index (χ3n) is 2.33. The SMILES string of the molecule is NCC1(c2cc(Br)co2)CC1. The normalized spacial score (nSPS) is 20.2. The molecule has 2 rings (SSSR count). The van der Waals surface area contributed by atoms with Gasteiger partial charge in [0.25, 0.3) is 0 Å². The lowest BCUT2D eigenvalue weighted by Crippen LogP contribution is -2.18. The van der Waals surface area contributed by atoms with Gasteiger partial charge in [-0.15, -0.1) is 0 Å². The Bertz CT molecular complexity index is 265. The lowest BCUT2D eigenvalue weighted by molar-refractivity contribution is 0.454. The standard InChI is InChI=1S/C8H10BrNO/c9-6-3-7(11-4-6)8(5-10)1-2-8/h3-4H,1-2,5,10H2. The van der Waals surface area contributed by atoms with Gasteiger partial charge in [-0.2, -0.15) is 0 Å². The maximum Gasteiger partial charge on any atom is 0.112 e. The van der Waals surface area contributed by atoms with Gasteiger partial charge >= 0.3 is 0 Å². The fourth-order valence-electron chi connectivity index (χ4n) is 1.29. The zero-order valence-electron chi connectivity index (χ0n) is 6.14. The highest BCUT2D eigenvalue weighted by molar-refractivity contribution is 9.10. The molecule has 0 unspecified atom stereocenters. The smallest absolute Gasteiger partial charge is 0.112 e. The first-order valence-corrected chi connectivity index (χ1v) is 4.51. The Labute approximate surface area is 73.9 Å². The van der Waals surface area contributed by atoms with Gasteiger partial charge in [-0.3, -0.25) is 0 Å². The van der Waals surface area contributed by atoms with Gasteiger partial charge in [0.05, 0.1) is 4.47 Å². The molecule has 2 N–H and O–H groups in total. The highest BCUT2D eigenvalue weighted by Crippen LogP contribution is 2.48. The molecule has 1 aliphatic carbocycles. The van der Waals surface area contributed by atoms with Gasteiger partial charge in [-0.1, -0.05) is 0 Å². The molecule has 0 radical (unpaired) electrons. The maximum atomic E-state index is 5.63. The first-order valence-electron chi connectivity index (χ1n) is 3.71. The number of hydrogen-bond donors (Lipinski definition) is 1. The molecule has 0 aromatic carbocycles. The summed E-state index contributed by atoms with van der Waals surface area (Å²) < 4.78 is 6.36. The number of hydrogen-bond acceptors (Lipinski definition) is 2. The third kappa shape index (κ3) is 1.12. The summed E-state index contributed by atoms with van der Waals surface area (Å²) in [5, 5.41) is 0. The zero-order valence-corrected chi connectivity index (χ0v) is 7.73. The highest BCUT2D eigenvalue weighted by Gasteiger charge is 2.45. The Hall–Kier alpha value is -0.280. The highest BCUT2D eigenvalue weighted by atomic mass is 79.9. The second kappa shape index (κ2) is 2.35. The van der Waals surface area contributed by atoms with Crippen LogP contribution in [0.4, 0.5) is 0 Å². The van der Waals surface area contributed by atoms with E-state index in [-0.39, 0.29) is 5.41 Å². The second-order valence-corrected chi connectivity index (χ2v) is 4.03. The van der Waals surface area contributed by atoms with E-state index < -0.39 is 0 Å². The molecule has 60 valence electrons. The van der Waals surface area contributed by atoms with Crippen LogP contribution in [-0.4, -0.2) is 6.54 Å². The predicted octanol–water partition coefficient (Wildman–Crippen LogP) is 2.03. The van der Waals surface area contributed by atoms with Gasteiger partial charge in [0.2, 0.25) is 0 Å². The maximum absolute atomic E-state index is 5.63. The molecule has 0 atom stereocenters. The Morgan fingerprint density at radius 1 is 1.64 bits per heavy atom. The van der Waals surface area contributed by atoms with Crippen LogP contribution in [0.2, 0.25) is 0 Å². The van der Waals surface area contributed by atoms with E-state index in [1.165, 1.54) is 12.8 Å². The largest absolute Gasteiger partial charge is 0.467 e. The molecule has 1 fully saturated rings. The summed E-state index contributed by atoms with van der Waals surface area (Å²) in [7, 11) is 0. The molecule has 0 bridgehead atoms. The zero-order chi connectivity index (χ0) is 7.90. The monoisotopic (exact) mass is 215 g/mol. The van der Waals surface area contributed by atoms with Crippen molar-refractivity contribution in [1.29, 1.82) is 0 Å². The Morgan fingerprint density at radius 3 is 2.73 bits per heavy atom. The van der Waals surface area contributed by atoms with E-state index in [1.807, 2.05) is 6.07 Å². The summed E-state index contributed by atoms with van der Waals surface area (Å²) in [6.45, 7) is 0.701. The minimum absolute atomic E-state index is 0.187. The Balaban J connectivity index is 2.29. The first-order chi connectivity index (χ1) is 5.27. The summed E-state index contributed by atoms with van der Waals surface area (Å²) in [6.07, 6.45) is 4.05. The fourth-order valence-corrected chi connectivity index (χ4v) is 1.59. The molecule has 1 saturated carbocycles. The van der Waals surface area contributed by atoms with E-state index in [2.05, 4.69) is 15.9 Å². The van der Waals surface area contributed by atoms with Crippen molar-refractivity contribution in [2.24, 2.45) is 5.73 Å². The molecular weight excluding hydrogens is 206 g/mol. The molecule has 0 saturated heterocycles. The van der Waals surface area contributed by atoms with Crippen molar-refractivity contribution in [1.82, 2.24) is 0 Å². The van der Waals surface area contributed by atoms with Crippen LogP contribution in [0.5, 0.6) is 0 Å². The Morgan fingerprint density at radius 2 is 2.36 bits per heavy atom. The second-order valence-electron chi connectivity index (χ2n) is 3.11. The van der Waals surface area contributed by atoms with Crippen LogP contribution >= 0.6 is 15.9 Å². The molecule has 0 amide bonds. The van der Waals surface area contributed by atoms with Crippen molar-refractivity contribution in [3.63, 3.8) is 0 Å². The average Bonchev–Trinajstić information content (AvgIpc) is 2.70. The lowest BCUT2D eigenvalue weighted by Gasteiger charge is -2.06. The van der Waals surface area contributed by atoms with Gasteiger partial charge in [0, 0.05) is 12.0 Å². The van der Waals surface area contributed by atoms with E-state index >= 15 is 0 Å². The number of nitrogens with two attached hydrogens (primary N) is 1. The topological polar surface area (TPSA) is 39.2 Å². The summed E-state index contributed by atoms with van der Waals surface area (Å²) in [4.78, 5) is 0. The predicted molar refractivity (Wildman–Crippen MR) is 46.4 cm³/mol. The Kier molecular flexibility index (Phi) is 1.58. The molecule has 0 aliphatic heterocycles. The van der Waals surface area contributed by atoms with E-state index in [9.17, 15) is 0 Å². The van der Waals surface area contributed by atoms with Crippen LogP contribution in [-0.2, 0) is 5.41 Å². The molecule has 1 aromatic heterocycles. The summed E-state index contributed by atoms with van der Waals surface area (Å²) in [6, 6.07) is 2.01. The first kappa shape index (κ1) is 7.37. The van der Waals surface area contributed by atoms with Crippen LogP contribution in [0.1, 0.15) is 18.6 Å². The molecule has 2 nitrogen and oxygen atoms in total. The van der Waals surface area contributed by atoms with Crippen LogP contribution in [0.25, 0.3) is 0 Å². The summed E-state index contributed by atoms with van der Waals surface area (Å²) >= 11 is 3.35. The molecule has 0 spiro atoms. The lowest BCUT2D eigenvalue weighted by atomic mass is 10.1. The molecule has 3 heteroatoms. The number of rotatable bonds is 2. The molecule has 1 aliphatic rings. The van der Waals surface area contributed by atoms with Crippen LogP contribution < -0.4 is 5.73 Å². The minimum Gasteiger partial charge on any atom is -0.467 e. The van der Waals surface area contributed by atoms with E-state index in [0.717, 1.165) is 10.2 Å². The van der Waals surface area contributed by atoms with Gasteiger partial charge in [0.15, 0.2) is 0 Å². The fraction of sp³-hybridized carbons (Fsp3) is 0.500. The van der Waals surface area contributed by atoms with Gasteiger partial charge in [-0.25, -0.2) is 0 Å². The van der Waals surface area contributed by atoms with E-state index in [1.54, 1.807) is 6.26 Å². The summed E-state index contributed by atoms with van der Waals surface area (Å²) in [5.41, 5.74) is 5.82. The average molecular weight is 216 g/mol.